The molecule has 0 fully saturated rings. The zero-order valence-corrected chi connectivity index (χ0v) is 10.8. The van der Waals surface area contributed by atoms with Gasteiger partial charge in [-0.1, -0.05) is 42.2 Å². The normalized spacial score (nSPS) is 9.55. The van der Waals surface area contributed by atoms with Gasteiger partial charge in [-0.15, -0.1) is 0 Å². The number of hydrogen-bond acceptors (Lipinski definition) is 1. The third kappa shape index (κ3) is 2.53. The molecule has 1 heteroatoms. The van der Waals surface area contributed by atoms with Gasteiger partial charge in [0, 0.05) is 11.1 Å². The van der Waals surface area contributed by atoms with Crippen LogP contribution < -0.4 is 0 Å². The Morgan fingerprint density at radius 1 is 0.600 bits per heavy atom. The van der Waals surface area contributed by atoms with Gasteiger partial charge >= 0.3 is 0 Å². The average molecular weight is 253 g/mol. The molecule has 0 saturated heterocycles. The molecule has 3 aromatic rings. The molecule has 3 rings (SSSR count). The highest BCUT2D eigenvalue weighted by atomic mass is 14.2. The van der Waals surface area contributed by atoms with Gasteiger partial charge in [0.15, 0.2) is 0 Å². The van der Waals surface area contributed by atoms with Crippen molar-refractivity contribution in [2.75, 3.05) is 0 Å². The molecule has 20 heavy (non-hydrogen) atoms. The van der Waals surface area contributed by atoms with Gasteiger partial charge in [0.05, 0.1) is 11.6 Å². The van der Waals surface area contributed by atoms with E-state index in [0.29, 0.717) is 5.56 Å². The molecule has 0 aromatic heterocycles. The number of hydrogen-bond donors (Lipinski definition) is 0. The topological polar surface area (TPSA) is 23.8 Å². The summed E-state index contributed by atoms with van der Waals surface area (Å²) >= 11 is 0. The van der Waals surface area contributed by atoms with Gasteiger partial charge in [-0.2, -0.15) is 5.26 Å². The number of benzene rings is 3. The Labute approximate surface area is 118 Å². The summed E-state index contributed by atoms with van der Waals surface area (Å²) in [5, 5.41) is 11.2. The molecule has 0 amide bonds. The Kier molecular flexibility index (Phi) is 3.19. The molecule has 0 aliphatic heterocycles. The summed E-state index contributed by atoms with van der Waals surface area (Å²) in [6, 6.07) is 23.8. The zero-order valence-electron chi connectivity index (χ0n) is 10.8. The molecule has 0 N–H and O–H groups in total. The fourth-order valence-electron chi connectivity index (χ4n) is 2.04. The third-order valence-corrected chi connectivity index (χ3v) is 3.11. The summed E-state index contributed by atoms with van der Waals surface area (Å²) in [6.45, 7) is 0. The van der Waals surface area contributed by atoms with Crippen molar-refractivity contribution in [2.24, 2.45) is 0 Å². The predicted octanol–water partition coefficient (Wildman–Crippen LogP) is 4.11. The quantitative estimate of drug-likeness (QED) is 0.553. The first-order valence-corrected chi connectivity index (χ1v) is 6.36. The van der Waals surface area contributed by atoms with Crippen LogP contribution in [0, 0.1) is 23.2 Å². The molecular weight excluding hydrogens is 242 g/mol. The summed E-state index contributed by atoms with van der Waals surface area (Å²) in [7, 11) is 0. The fourth-order valence-corrected chi connectivity index (χ4v) is 2.04. The summed E-state index contributed by atoms with van der Waals surface area (Å²) in [5.74, 6) is 6.28. The third-order valence-electron chi connectivity index (χ3n) is 3.11. The Hall–Kier alpha value is -3.03. The van der Waals surface area contributed by atoms with E-state index in [0.717, 1.165) is 11.1 Å². The van der Waals surface area contributed by atoms with E-state index in [1.54, 1.807) is 12.1 Å². The lowest BCUT2D eigenvalue weighted by Crippen LogP contribution is -1.79. The maximum Gasteiger partial charge on any atom is 0.0991 e. The lowest BCUT2D eigenvalue weighted by atomic mass is 10.1. The second kappa shape index (κ2) is 5.31. The highest BCUT2D eigenvalue weighted by Crippen LogP contribution is 2.15. The van der Waals surface area contributed by atoms with Crippen LogP contribution in [0.3, 0.4) is 0 Å². The van der Waals surface area contributed by atoms with Gasteiger partial charge in [-0.25, -0.2) is 0 Å². The molecular formula is C19H11N. The van der Waals surface area contributed by atoms with E-state index in [4.69, 9.17) is 5.26 Å². The average Bonchev–Trinajstić information content (AvgIpc) is 2.53. The minimum absolute atomic E-state index is 0.654. The van der Waals surface area contributed by atoms with E-state index < -0.39 is 0 Å². The molecule has 0 atom stereocenters. The number of nitrogens with zero attached hydrogens (tertiary/aromatic N) is 1. The monoisotopic (exact) mass is 253 g/mol. The summed E-state index contributed by atoms with van der Waals surface area (Å²) in [5.41, 5.74) is 2.56. The van der Waals surface area contributed by atoms with Crippen LogP contribution in [0.5, 0.6) is 0 Å². The summed E-state index contributed by atoms with van der Waals surface area (Å²) in [6.07, 6.45) is 0. The van der Waals surface area contributed by atoms with Crippen molar-refractivity contribution in [1.82, 2.24) is 0 Å². The van der Waals surface area contributed by atoms with E-state index in [-0.39, 0.29) is 0 Å². The van der Waals surface area contributed by atoms with Crippen LogP contribution >= 0.6 is 0 Å². The van der Waals surface area contributed by atoms with Crippen molar-refractivity contribution in [3.63, 3.8) is 0 Å². The SMILES string of the molecule is N#Cc1ccc(C#Cc2ccc3ccccc3c2)cc1. The van der Waals surface area contributed by atoms with Gasteiger partial charge in [-0.05, 0) is 47.2 Å². The van der Waals surface area contributed by atoms with Crippen LogP contribution in [-0.4, -0.2) is 0 Å². The van der Waals surface area contributed by atoms with Crippen LogP contribution in [0.2, 0.25) is 0 Å². The highest BCUT2D eigenvalue weighted by molar-refractivity contribution is 5.83. The van der Waals surface area contributed by atoms with Crippen molar-refractivity contribution < 1.29 is 0 Å². The molecule has 0 bridgehead atoms. The van der Waals surface area contributed by atoms with Crippen molar-refractivity contribution in [3.05, 3.63) is 83.4 Å². The minimum Gasteiger partial charge on any atom is -0.192 e. The van der Waals surface area contributed by atoms with Crippen molar-refractivity contribution in [3.8, 4) is 17.9 Å². The maximum atomic E-state index is 8.75. The molecule has 0 unspecified atom stereocenters. The van der Waals surface area contributed by atoms with E-state index in [9.17, 15) is 0 Å². The Morgan fingerprint density at radius 3 is 1.95 bits per heavy atom. The number of rotatable bonds is 0. The second-order valence-corrected chi connectivity index (χ2v) is 4.50. The van der Waals surface area contributed by atoms with Crippen molar-refractivity contribution in [2.45, 2.75) is 0 Å². The number of nitriles is 1. The van der Waals surface area contributed by atoms with E-state index in [1.807, 2.05) is 30.3 Å². The first-order valence-electron chi connectivity index (χ1n) is 6.36. The molecule has 0 radical (unpaired) electrons. The van der Waals surface area contributed by atoms with E-state index in [2.05, 4.69) is 42.2 Å². The van der Waals surface area contributed by atoms with Crippen LogP contribution in [-0.2, 0) is 0 Å². The Balaban J connectivity index is 1.93. The zero-order chi connectivity index (χ0) is 13.8. The predicted molar refractivity (Wildman–Crippen MR) is 81.1 cm³/mol. The van der Waals surface area contributed by atoms with E-state index in [1.165, 1.54) is 10.8 Å². The Bertz CT molecular complexity index is 856. The molecule has 0 saturated carbocycles. The van der Waals surface area contributed by atoms with Gasteiger partial charge in [0.25, 0.3) is 0 Å². The number of fused-ring (bicyclic) bond motifs is 1. The smallest absolute Gasteiger partial charge is 0.0991 e. The van der Waals surface area contributed by atoms with Crippen molar-refractivity contribution in [1.29, 1.82) is 5.26 Å². The van der Waals surface area contributed by atoms with Gasteiger partial charge in [0.1, 0.15) is 0 Å². The maximum absolute atomic E-state index is 8.75. The molecule has 0 spiro atoms. The van der Waals surface area contributed by atoms with Crippen LogP contribution in [0.4, 0.5) is 0 Å². The molecule has 3 aromatic carbocycles. The standard InChI is InChI=1S/C19H11N/c20-14-17-9-6-15(7-10-17)5-8-16-11-12-18-3-1-2-4-19(18)13-16/h1-4,6-7,9-13H. The lowest BCUT2D eigenvalue weighted by Gasteiger charge is -1.97. The van der Waals surface area contributed by atoms with Crippen molar-refractivity contribution >= 4 is 10.8 Å². The van der Waals surface area contributed by atoms with Crippen LogP contribution in [0.25, 0.3) is 10.8 Å². The minimum atomic E-state index is 0.654. The highest BCUT2D eigenvalue weighted by Gasteiger charge is 1.93. The molecule has 0 aliphatic carbocycles. The first-order chi connectivity index (χ1) is 9.85. The summed E-state index contributed by atoms with van der Waals surface area (Å²) < 4.78 is 0. The molecule has 1 nitrogen and oxygen atoms in total. The molecule has 92 valence electrons. The molecule has 0 aliphatic rings. The Morgan fingerprint density at radius 2 is 1.20 bits per heavy atom. The lowest BCUT2D eigenvalue weighted by molar-refractivity contribution is 1.48. The van der Waals surface area contributed by atoms with E-state index >= 15 is 0 Å². The second-order valence-electron chi connectivity index (χ2n) is 4.50. The molecule has 0 heterocycles. The fraction of sp³-hybridized carbons (Fsp3) is 0. The van der Waals surface area contributed by atoms with Gasteiger partial charge < -0.3 is 0 Å². The van der Waals surface area contributed by atoms with Crippen LogP contribution in [0.15, 0.2) is 66.7 Å². The largest absolute Gasteiger partial charge is 0.192 e. The first kappa shape index (κ1) is 12.0. The van der Waals surface area contributed by atoms with Gasteiger partial charge in [-0.3, -0.25) is 0 Å². The van der Waals surface area contributed by atoms with Crippen LogP contribution in [0.1, 0.15) is 16.7 Å². The van der Waals surface area contributed by atoms with Gasteiger partial charge in [0.2, 0.25) is 0 Å². The summed E-state index contributed by atoms with van der Waals surface area (Å²) in [4.78, 5) is 0.